The fourth-order valence-electron chi connectivity index (χ4n) is 1.91. The average molecular weight is 295 g/mol. The van der Waals surface area contributed by atoms with E-state index in [1.54, 1.807) is 18.6 Å². The van der Waals surface area contributed by atoms with Crippen molar-refractivity contribution in [1.82, 2.24) is 14.9 Å². The van der Waals surface area contributed by atoms with Crippen molar-refractivity contribution < 1.29 is 4.79 Å². The predicted molar refractivity (Wildman–Crippen MR) is 90.2 cm³/mol. The van der Waals surface area contributed by atoms with Gasteiger partial charge in [-0.2, -0.15) is 0 Å². The Morgan fingerprint density at radius 3 is 2.19 bits per heavy atom. The maximum absolute atomic E-state index is 11.1. The van der Waals surface area contributed by atoms with Crippen LogP contribution in [0.2, 0.25) is 0 Å². The lowest BCUT2D eigenvalue weighted by molar-refractivity contribution is -0.134. The van der Waals surface area contributed by atoms with E-state index in [0.29, 0.717) is 11.9 Å². The van der Waals surface area contributed by atoms with Gasteiger partial charge in [0.05, 0.1) is 5.69 Å². The fraction of sp³-hybridized carbons (Fsp3) is 0.706. The molecule has 0 saturated carbocycles. The first-order valence-electron chi connectivity index (χ1n) is 8.13. The van der Waals surface area contributed by atoms with Crippen LogP contribution in [-0.4, -0.2) is 33.9 Å². The van der Waals surface area contributed by atoms with E-state index in [1.807, 2.05) is 46.6 Å². The molecule has 1 saturated heterocycles. The average Bonchev–Trinajstić information content (AvgIpc) is 2.55. The first-order chi connectivity index (χ1) is 10.1. The minimum Gasteiger partial charge on any atom is -0.343 e. The van der Waals surface area contributed by atoms with Crippen molar-refractivity contribution in [3.05, 3.63) is 24.3 Å². The van der Waals surface area contributed by atoms with Gasteiger partial charge >= 0.3 is 0 Å². The Hall–Kier alpha value is -1.45. The van der Waals surface area contributed by atoms with Gasteiger partial charge in [-0.1, -0.05) is 34.6 Å². The third kappa shape index (κ3) is 9.99. The van der Waals surface area contributed by atoms with E-state index >= 15 is 0 Å². The summed E-state index contributed by atoms with van der Waals surface area (Å²) in [5, 5.41) is 0. The molecule has 2 heterocycles. The van der Waals surface area contributed by atoms with E-state index in [4.69, 9.17) is 0 Å². The molecule has 0 N–H and O–H groups in total. The van der Waals surface area contributed by atoms with Crippen LogP contribution in [0.5, 0.6) is 0 Å². The van der Waals surface area contributed by atoms with Crippen LogP contribution in [0.25, 0.3) is 0 Å². The van der Waals surface area contributed by atoms with Gasteiger partial charge in [0.1, 0.15) is 0 Å². The van der Waals surface area contributed by atoms with Gasteiger partial charge in [0.15, 0.2) is 0 Å². The van der Waals surface area contributed by atoms with Gasteiger partial charge in [0.25, 0.3) is 0 Å². The highest BCUT2D eigenvalue weighted by atomic mass is 16.2. The lowest BCUT2D eigenvalue weighted by Gasteiger charge is -2.31. The van der Waals surface area contributed by atoms with Gasteiger partial charge < -0.3 is 4.90 Å². The zero-order chi connectivity index (χ0) is 16.7. The standard InChI is InChI=1S/C8H15NO.C5H6N2.2C2H6/c1-3-7-5-4-6-8(10)9(7)2;1-5-4-6-2-3-7-5;2*1-2/h7H,3-6H2,1-2H3;2-4H,1H3;2*1-2H3. The molecule has 1 amide bonds. The summed E-state index contributed by atoms with van der Waals surface area (Å²) < 4.78 is 0. The maximum atomic E-state index is 11.1. The molecule has 2 rings (SSSR count). The van der Waals surface area contributed by atoms with E-state index in [-0.39, 0.29) is 0 Å². The highest BCUT2D eigenvalue weighted by molar-refractivity contribution is 5.76. The van der Waals surface area contributed by atoms with Gasteiger partial charge in [-0.3, -0.25) is 14.8 Å². The molecule has 1 unspecified atom stereocenters. The monoisotopic (exact) mass is 295 g/mol. The number of rotatable bonds is 1. The van der Waals surface area contributed by atoms with Gasteiger partial charge in [-0.05, 0) is 26.2 Å². The normalized spacial score (nSPS) is 16.4. The molecular formula is C17H33N3O. The molecule has 0 aromatic carbocycles. The SMILES string of the molecule is CC.CC.CCC1CCCC(=O)N1C.Cc1cnccn1. The molecule has 4 heteroatoms. The summed E-state index contributed by atoms with van der Waals surface area (Å²) in [7, 11) is 1.91. The summed E-state index contributed by atoms with van der Waals surface area (Å²) in [6.07, 6.45) is 9.19. The zero-order valence-corrected chi connectivity index (χ0v) is 14.9. The molecule has 0 bridgehead atoms. The van der Waals surface area contributed by atoms with Crippen LogP contribution in [0.15, 0.2) is 18.6 Å². The fourth-order valence-corrected chi connectivity index (χ4v) is 1.91. The van der Waals surface area contributed by atoms with Crippen molar-refractivity contribution in [2.45, 2.75) is 73.3 Å². The number of hydrogen-bond acceptors (Lipinski definition) is 3. The Morgan fingerprint density at radius 2 is 1.86 bits per heavy atom. The van der Waals surface area contributed by atoms with Gasteiger partial charge in [0.2, 0.25) is 5.91 Å². The minimum atomic E-state index is 0.318. The summed E-state index contributed by atoms with van der Waals surface area (Å²) >= 11 is 0. The molecule has 1 atom stereocenters. The van der Waals surface area contributed by atoms with Crippen molar-refractivity contribution in [2.75, 3.05) is 7.05 Å². The van der Waals surface area contributed by atoms with Crippen LogP contribution < -0.4 is 0 Å². The lowest BCUT2D eigenvalue weighted by atomic mass is 10.0. The van der Waals surface area contributed by atoms with Crippen LogP contribution in [0.1, 0.15) is 66.0 Å². The summed E-state index contributed by atoms with van der Waals surface area (Å²) in [6, 6.07) is 0.515. The summed E-state index contributed by atoms with van der Waals surface area (Å²) in [5.74, 6) is 0.318. The first kappa shape index (κ1) is 21.8. The number of piperidine rings is 1. The van der Waals surface area contributed by atoms with E-state index in [9.17, 15) is 4.79 Å². The van der Waals surface area contributed by atoms with E-state index in [2.05, 4.69) is 16.9 Å². The van der Waals surface area contributed by atoms with E-state index in [1.165, 1.54) is 6.42 Å². The quantitative estimate of drug-likeness (QED) is 0.778. The highest BCUT2D eigenvalue weighted by Crippen LogP contribution is 2.17. The Bertz CT molecular complexity index is 341. The van der Waals surface area contributed by atoms with Crippen LogP contribution in [0.4, 0.5) is 0 Å². The predicted octanol–water partition coefficient (Wildman–Crippen LogP) is 4.24. The van der Waals surface area contributed by atoms with Crippen LogP contribution in [0, 0.1) is 6.92 Å². The largest absolute Gasteiger partial charge is 0.343 e. The van der Waals surface area contributed by atoms with Crippen LogP contribution in [-0.2, 0) is 4.79 Å². The Balaban J connectivity index is 0. The molecule has 0 spiro atoms. The van der Waals surface area contributed by atoms with Gasteiger partial charge in [0, 0.05) is 38.1 Å². The Kier molecular flexibility index (Phi) is 15.5. The number of aromatic nitrogens is 2. The molecule has 1 aliphatic heterocycles. The van der Waals surface area contributed by atoms with Crippen molar-refractivity contribution in [3.63, 3.8) is 0 Å². The number of amides is 1. The molecule has 0 aliphatic carbocycles. The third-order valence-corrected chi connectivity index (χ3v) is 3.03. The smallest absolute Gasteiger partial charge is 0.222 e. The molecular weight excluding hydrogens is 262 g/mol. The number of nitrogens with zero attached hydrogens (tertiary/aromatic N) is 3. The number of carbonyl (C=O) groups excluding carboxylic acids is 1. The van der Waals surface area contributed by atoms with E-state index < -0.39 is 0 Å². The molecule has 1 fully saturated rings. The van der Waals surface area contributed by atoms with Crippen LogP contribution in [0.3, 0.4) is 0 Å². The van der Waals surface area contributed by atoms with Crippen LogP contribution >= 0.6 is 0 Å². The number of aryl methyl sites for hydroxylation is 1. The Morgan fingerprint density at radius 1 is 1.24 bits per heavy atom. The molecule has 1 aromatic heterocycles. The third-order valence-electron chi connectivity index (χ3n) is 3.03. The minimum absolute atomic E-state index is 0.318. The van der Waals surface area contributed by atoms with E-state index in [0.717, 1.165) is 25.0 Å². The van der Waals surface area contributed by atoms with Gasteiger partial charge in [-0.25, -0.2) is 0 Å². The second-order valence-corrected chi connectivity index (χ2v) is 4.31. The molecule has 21 heavy (non-hydrogen) atoms. The number of hydrogen-bond donors (Lipinski definition) is 0. The molecule has 122 valence electrons. The first-order valence-corrected chi connectivity index (χ1v) is 8.13. The van der Waals surface area contributed by atoms with Crippen molar-refractivity contribution in [1.29, 1.82) is 0 Å². The Labute approximate surface area is 131 Å². The topological polar surface area (TPSA) is 46.1 Å². The van der Waals surface area contributed by atoms with Crippen molar-refractivity contribution in [3.8, 4) is 0 Å². The van der Waals surface area contributed by atoms with Crippen molar-refractivity contribution in [2.24, 2.45) is 0 Å². The number of carbonyl (C=O) groups is 1. The second kappa shape index (κ2) is 14.9. The summed E-state index contributed by atoms with van der Waals surface area (Å²) in [6.45, 7) is 12.0. The molecule has 1 aromatic rings. The second-order valence-electron chi connectivity index (χ2n) is 4.31. The number of likely N-dealkylation sites (tertiary alicyclic amines) is 1. The molecule has 4 nitrogen and oxygen atoms in total. The van der Waals surface area contributed by atoms with Crippen molar-refractivity contribution >= 4 is 5.91 Å². The molecule has 0 radical (unpaired) electrons. The highest BCUT2D eigenvalue weighted by Gasteiger charge is 2.22. The van der Waals surface area contributed by atoms with Gasteiger partial charge in [-0.15, -0.1) is 0 Å². The summed E-state index contributed by atoms with van der Waals surface area (Å²) in [4.78, 5) is 20.7. The molecule has 1 aliphatic rings. The lowest BCUT2D eigenvalue weighted by Crippen LogP contribution is -2.39. The zero-order valence-electron chi connectivity index (χ0n) is 14.9. The maximum Gasteiger partial charge on any atom is 0.222 e. The summed E-state index contributed by atoms with van der Waals surface area (Å²) in [5.41, 5.74) is 0.961.